The van der Waals surface area contributed by atoms with Crippen molar-refractivity contribution in [1.29, 1.82) is 0 Å². The van der Waals surface area contributed by atoms with Crippen molar-refractivity contribution in [2.24, 2.45) is 0 Å². The highest BCUT2D eigenvalue weighted by Gasteiger charge is 2.14. The van der Waals surface area contributed by atoms with E-state index in [-0.39, 0.29) is 11.6 Å². The van der Waals surface area contributed by atoms with Crippen LogP contribution >= 0.6 is 15.9 Å². The smallest absolute Gasteiger partial charge is 0.193 e. The van der Waals surface area contributed by atoms with Gasteiger partial charge in [0, 0.05) is 11.1 Å². The first kappa shape index (κ1) is 14.9. The molecule has 1 nitrogen and oxygen atoms in total. The summed E-state index contributed by atoms with van der Waals surface area (Å²) in [6, 6.07) is 10.4. The number of carbonyl (C=O) groups is 1. The van der Waals surface area contributed by atoms with Crippen molar-refractivity contribution >= 4 is 21.7 Å². The molecule has 0 fully saturated rings. The van der Waals surface area contributed by atoms with Crippen LogP contribution in [-0.4, -0.2) is 5.78 Å². The van der Waals surface area contributed by atoms with E-state index >= 15 is 0 Å². The second kappa shape index (κ2) is 6.31. The number of halogens is 2. The van der Waals surface area contributed by atoms with E-state index in [1.54, 1.807) is 0 Å². The zero-order valence-electron chi connectivity index (χ0n) is 11.5. The van der Waals surface area contributed by atoms with Gasteiger partial charge in [0.1, 0.15) is 5.82 Å². The number of hydrogen-bond acceptors (Lipinski definition) is 1. The summed E-state index contributed by atoms with van der Waals surface area (Å²) in [7, 11) is 0. The molecule has 2 aromatic carbocycles. The van der Waals surface area contributed by atoms with E-state index in [0.29, 0.717) is 15.6 Å². The zero-order valence-corrected chi connectivity index (χ0v) is 13.1. The van der Waals surface area contributed by atoms with Gasteiger partial charge in [-0.2, -0.15) is 0 Å². The maximum Gasteiger partial charge on any atom is 0.193 e. The summed E-state index contributed by atoms with van der Waals surface area (Å²) >= 11 is 3.12. The molecule has 3 heteroatoms. The zero-order chi connectivity index (χ0) is 14.7. The van der Waals surface area contributed by atoms with Crippen molar-refractivity contribution < 1.29 is 9.18 Å². The van der Waals surface area contributed by atoms with Crippen molar-refractivity contribution in [3.8, 4) is 0 Å². The monoisotopic (exact) mass is 334 g/mol. The Bertz CT molecular complexity index is 649. The normalized spacial score (nSPS) is 10.6. The molecule has 0 amide bonds. The molecule has 20 heavy (non-hydrogen) atoms. The van der Waals surface area contributed by atoms with Crippen LogP contribution in [0.5, 0.6) is 0 Å². The van der Waals surface area contributed by atoms with E-state index in [2.05, 4.69) is 28.9 Å². The Morgan fingerprint density at radius 2 is 1.85 bits per heavy atom. The van der Waals surface area contributed by atoms with Crippen LogP contribution in [-0.2, 0) is 12.8 Å². The van der Waals surface area contributed by atoms with E-state index in [4.69, 9.17) is 0 Å². The number of hydrogen-bond donors (Lipinski definition) is 0. The predicted molar refractivity (Wildman–Crippen MR) is 82.7 cm³/mol. The summed E-state index contributed by atoms with van der Waals surface area (Å²) in [6.07, 6.45) is 1.69. The highest BCUT2D eigenvalue weighted by Crippen LogP contribution is 2.22. The fourth-order valence-corrected chi connectivity index (χ4v) is 2.53. The predicted octanol–water partition coefficient (Wildman–Crippen LogP) is 4.94. The van der Waals surface area contributed by atoms with Crippen LogP contribution in [0.15, 0.2) is 40.9 Å². The lowest BCUT2D eigenvalue weighted by Gasteiger charge is -2.10. The fourth-order valence-electron chi connectivity index (χ4n) is 2.16. The van der Waals surface area contributed by atoms with Gasteiger partial charge in [-0.3, -0.25) is 4.79 Å². The largest absolute Gasteiger partial charge is 0.289 e. The van der Waals surface area contributed by atoms with Crippen LogP contribution in [0.1, 0.15) is 40.9 Å². The molecule has 104 valence electrons. The summed E-state index contributed by atoms with van der Waals surface area (Å²) in [5, 5.41) is 0. The van der Waals surface area contributed by atoms with E-state index in [1.807, 2.05) is 19.1 Å². The third-order valence-corrected chi connectivity index (χ3v) is 4.00. The van der Waals surface area contributed by atoms with Gasteiger partial charge in [-0.05, 0) is 64.2 Å². The molecule has 0 bridgehead atoms. The van der Waals surface area contributed by atoms with E-state index in [9.17, 15) is 9.18 Å². The molecular formula is C17H16BrFO. The third-order valence-electron chi connectivity index (χ3n) is 3.39. The number of rotatable bonds is 4. The molecule has 2 rings (SSSR count). The average Bonchev–Trinajstić information content (AvgIpc) is 2.48. The second-order valence-corrected chi connectivity index (χ2v) is 5.51. The molecule has 0 spiro atoms. The Morgan fingerprint density at radius 1 is 1.10 bits per heavy atom. The summed E-state index contributed by atoms with van der Waals surface area (Å²) < 4.78 is 13.6. The highest BCUT2D eigenvalue weighted by molar-refractivity contribution is 9.10. The number of benzene rings is 2. The molecule has 0 aliphatic heterocycles. The first-order valence-corrected chi connectivity index (χ1v) is 7.47. The lowest BCUT2D eigenvalue weighted by molar-refractivity contribution is 0.103. The first-order chi connectivity index (χ1) is 9.56. The molecule has 0 N–H and O–H groups in total. The molecule has 2 aromatic rings. The standard InChI is InChI=1S/C17H16BrFO/c1-3-11-5-6-12(4-2)14(9-11)17(20)13-7-8-16(19)15(18)10-13/h5-10H,3-4H2,1-2H3. The van der Waals surface area contributed by atoms with Crippen molar-refractivity contribution in [1.82, 2.24) is 0 Å². The summed E-state index contributed by atoms with van der Waals surface area (Å²) in [5.74, 6) is -0.419. The summed E-state index contributed by atoms with van der Waals surface area (Å²) in [6.45, 7) is 4.09. The van der Waals surface area contributed by atoms with Crippen LogP contribution in [0.25, 0.3) is 0 Å². The second-order valence-electron chi connectivity index (χ2n) is 4.66. The molecule has 0 saturated heterocycles. The van der Waals surface area contributed by atoms with Gasteiger partial charge in [-0.1, -0.05) is 26.0 Å². The number of aryl methyl sites for hydroxylation is 2. The first-order valence-electron chi connectivity index (χ1n) is 6.68. The van der Waals surface area contributed by atoms with Gasteiger partial charge in [-0.25, -0.2) is 4.39 Å². The topological polar surface area (TPSA) is 17.1 Å². The van der Waals surface area contributed by atoms with Gasteiger partial charge >= 0.3 is 0 Å². The number of ketones is 1. The van der Waals surface area contributed by atoms with Crippen LogP contribution in [0.2, 0.25) is 0 Å². The third kappa shape index (κ3) is 2.98. The molecule has 0 atom stereocenters. The Kier molecular flexibility index (Phi) is 4.71. The van der Waals surface area contributed by atoms with E-state index in [0.717, 1.165) is 24.0 Å². The molecule has 0 heterocycles. The van der Waals surface area contributed by atoms with E-state index < -0.39 is 0 Å². The summed E-state index contributed by atoms with van der Waals surface area (Å²) in [4.78, 5) is 12.6. The highest BCUT2D eigenvalue weighted by atomic mass is 79.9. The van der Waals surface area contributed by atoms with E-state index in [1.165, 1.54) is 18.2 Å². The van der Waals surface area contributed by atoms with Crippen LogP contribution in [0.3, 0.4) is 0 Å². The minimum atomic E-state index is -0.362. The van der Waals surface area contributed by atoms with Crippen molar-refractivity contribution in [2.75, 3.05) is 0 Å². The minimum absolute atomic E-state index is 0.0575. The average molecular weight is 335 g/mol. The lowest BCUT2D eigenvalue weighted by Crippen LogP contribution is -2.06. The fraction of sp³-hybridized carbons (Fsp3) is 0.235. The SMILES string of the molecule is CCc1ccc(CC)c(C(=O)c2ccc(F)c(Br)c2)c1. The lowest BCUT2D eigenvalue weighted by atomic mass is 9.94. The Labute approximate surface area is 127 Å². The molecule has 0 radical (unpaired) electrons. The van der Waals surface area contributed by atoms with Gasteiger partial charge < -0.3 is 0 Å². The van der Waals surface area contributed by atoms with Crippen LogP contribution < -0.4 is 0 Å². The van der Waals surface area contributed by atoms with Gasteiger partial charge in [0.15, 0.2) is 5.78 Å². The Hall–Kier alpha value is -1.48. The van der Waals surface area contributed by atoms with Crippen molar-refractivity contribution in [3.05, 3.63) is 68.9 Å². The molecular weight excluding hydrogens is 319 g/mol. The quantitative estimate of drug-likeness (QED) is 0.723. The number of carbonyl (C=O) groups excluding carboxylic acids is 1. The van der Waals surface area contributed by atoms with Crippen molar-refractivity contribution in [2.45, 2.75) is 26.7 Å². The molecule has 0 aromatic heterocycles. The van der Waals surface area contributed by atoms with Crippen molar-refractivity contribution in [3.63, 3.8) is 0 Å². The Morgan fingerprint density at radius 3 is 2.45 bits per heavy atom. The molecule has 0 aliphatic rings. The van der Waals surface area contributed by atoms with Gasteiger partial charge in [0.05, 0.1) is 4.47 Å². The maximum atomic E-state index is 13.3. The van der Waals surface area contributed by atoms with Gasteiger partial charge in [0.25, 0.3) is 0 Å². The molecule has 0 unspecified atom stereocenters. The maximum absolute atomic E-state index is 13.3. The van der Waals surface area contributed by atoms with Crippen LogP contribution in [0, 0.1) is 5.82 Å². The van der Waals surface area contributed by atoms with Crippen LogP contribution in [0.4, 0.5) is 4.39 Å². The minimum Gasteiger partial charge on any atom is -0.289 e. The van der Waals surface area contributed by atoms with Gasteiger partial charge in [-0.15, -0.1) is 0 Å². The van der Waals surface area contributed by atoms with Gasteiger partial charge in [0.2, 0.25) is 0 Å². The Balaban J connectivity index is 2.48. The summed E-state index contributed by atoms with van der Waals surface area (Å²) in [5.41, 5.74) is 3.37. The molecule has 0 aliphatic carbocycles. The molecule has 0 saturated carbocycles.